The molecular formula is C25H30ClF3N4O2. The Balaban J connectivity index is 1.18. The second-order valence-corrected chi connectivity index (χ2v) is 9.51. The Morgan fingerprint density at radius 2 is 1.77 bits per heavy atom. The number of hydrogen-bond acceptors (Lipinski definition) is 5. The van der Waals surface area contributed by atoms with Gasteiger partial charge in [-0.25, -0.2) is 0 Å². The Bertz CT molecular complexity index is 1020. The van der Waals surface area contributed by atoms with E-state index in [9.17, 15) is 18.0 Å². The van der Waals surface area contributed by atoms with E-state index in [4.69, 9.17) is 22.1 Å². The van der Waals surface area contributed by atoms with E-state index in [0.717, 1.165) is 50.5 Å². The first kappa shape index (κ1) is 25.4. The zero-order valence-electron chi connectivity index (χ0n) is 19.4. The first-order valence-electron chi connectivity index (χ1n) is 11.8. The number of rotatable bonds is 6. The molecule has 0 spiro atoms. The predicted octanol–water partition coefficient (Wildman–Crippen LogP) is 5.03. The predicted molar refractivity (Wildman–Crippen MR) is 132 cm³/mol. The molecule has 2 aromatic rings. The number of nitrogen functional groups attached to an aromatic ring is 1. The molecule has 2 fully saturated rings. The molecular weight excluding hydrogens is 481 g/mol. The zero-order valence-corrected chi connectivity index (χ0v) is 20.1. The molecule has 1 saturated carbocycles. The lowest BCUT2D eigenvalue weighted by atomic mass is 9.92. The summed E-state index contributed by atoms with van der Waals surface area (Å²) in [5, 5.41) is 3.87. The summed E-state index contributed by atoms with van der Waals surface area (Å²) < 4.78 is 45.2. The summed E-state index contributed by atoms with van der Waals surface area (Å²) in [6.45, 7) is 2.79. The summed E-state index contributed by atoms with van der Waals surface area (Å²) in [6.07, 6.45) is -1.52. The van der Waals surface area contributed by atoms with Gasteiger partial charge in [0, 0.05) is 54.3 Å². The van der Waals surface area contributed by atoms with Crippen molar-refractivity contribution in [2.75, 3.05) is 48.7 Å². The third-order valence-corrected chi connectivity index (χ3v) is 6.89. The van der Waals surface area contributed by atoms with Crippen LogP contribution < -0.4 is 16.0 Å². The Morgan fingerprint density at radius 1 is 1.06 bits per heavy atom. The maximum absolute atomic E-state index is 13.1. The van der Waals surface area contributed by atoms with Gasteiger partial charge in [-0.05, 0) is 62.1 Å². The molecule has 190 valence electrons. The summed E-state index contributed by atoms with van der Waals surface area (Å²) in [5.41, 5.74) is 5.83. The van der Waals surface area contributed by atoms with Crippen LogP contribution in [0.25, 0.3) is 0 Å². The molecule has 0 aromatic heterocycles. The molecule has 4 rings (SSSR count). The monoisotopic (exact) mass is 510 g/mol. The highest BCUT2D eigenvalue weighted by Gasteiger charge is 2.33. The molecule has 1 heterocycles. The van der Waals surface area contributed by atoms with E-state index >= 15 is 0 Å². The van der Waals surface area contributed by atoms with Crippen LogP contribution in [0.15, 0.2) is 42.5 Å². The van der Waals surface area contributed by atoms with Crippen LogP contribution in [-0.4, -0.2) is 55.7 Å². The number of anilines is 3. The van der Waals surface area contributed by atoms with Gasteiger partial charge in [-0.2, -0.15) is 13.2 Å². The van der Waals surface area contributed by atoms with Crippen LogP contribution in [0.4, 0.5) is 30.2 Å². The largest absolute Gasteiger partial charge is 0.418 e. The molecule has 6 nitrogen and oxygen atoms in total. The van der Waals surface area contributed by atoms with Crippen molar-refractivity contribution in [2.45, 2.75) is 44.0 Å². The average molecular weight is 511 g/mol. The zero-order chi connectivity index (χ0) is 25.0. The maximum Gasteiger partial charge on any atom is 0.418 e. The first-order valence-corrected chi connectivity index (χ1v) is 12.2. The van der Waals surface area contributed by atoms with E-state index in [-0.39, 0.29) is 30.3 Å². The van der Waals surface area contributed by atoms with E-state index < -0.39 is 11.7 Å². The number of halogens is 4. The van der Waals surface area contributed by atoms with Crippen LogP contribution >= 0.6 is 11.6 Å². The molecule has 1 aliphatic carbocycles. The van der Waals surface area contributed by atoms with Crippen LogP contribution in [-0.2, 0) is 15.7 Å². The van der Waals surface area contributed by atoms with Gasteiger partial charge >= 0.3 is 6.18 Å². The van der Waals surface area contributed by atoms with Crippen molar-refractivity contribution in [3.8, 4) is 0 Å². The van der Waals surface area contributed by atoms with Crippen LogP contribution in [0.5, 0.6) is 0 Å². The fourth-order valence-electron chi connectivity index (χ4n) is 4.67. The highest BCUT2D eigenvalue weighted by Crippen LogP contribution is 2.36. The average Bonchev–Trinajstić information content (AvgIpc) is 2.84. The van der Waals surface area contributed by atoms with Gasteiger partial charge in [0.25, 0.3) is 0 Å². The fourth-order valence-corrected chi connectivity index (χ4v) is 4.85. The molecule has 3 N–H and O–H groups in total. The van der Waals surface area contributed by atoms with Crippen molar-refractivity contribution >= 4 is 34.6 Å². The summed E-state index contributed by atoms with van der Waals surface area (Å²) in [7, 11) is 0. The molecule has 2 aromatic carbocycles. The van der Waals surface area contributed by atoms with Gasteiger partial charge in [0.05, 0.1) is 11.7 Å². The number of nitrogens with zero attached hydrogens (tertiary/aromatic N) is 2. The summed E-state index contributed by atoms with van der Waals surface area (Å²) >= 11 is 6.08. The molecule has 1 saturated heterocycles. The lowest BCUT2D eigenvalue weighted by Crippen LogP contribution is -2.50. The molecule has 2 aliphatic rings. The number of hydrogen-bond donors (Lipinski definition) is 2. The number of piperazine rings is 1. The summed E-state index contributed by atoms with van der Waals surface area (Å²) in [6, 6.07) is 11.7. The standard InChI is InChI=1S/C25H30ClF3N4O2/c26-17-2-1-3-20(14-17)32-10-12-33(13-11-32)24(34)16-35-21-7-4-18(5-8-21)31-19-6-9-23(30)22(15-19)25(27,28)29/h1-3,6,9,14-15,18,21,31H,4-5,7-8,10-13,16,30H2. The Labute approximate surface area is 208 Å². The first-order chi connectivity index (χ1) is 16.7. The number of carbonyl (C=O) groups excluding carboxylic acids is 1. The smallest absolute Gasteiger partial charge is 0.398 e. The minimum Gasteiger partial charge on any atom is -0.398 e. The summed E-state index contributed by atoms with van der Waals surface area (Å²) in [5.74, 6) is -0.0162. The normalized spacial score (nSPS) is 21.1. The third-order valence-electron chi connectivity index (χ3n) is 6.65. The maximum atomic E-state index is 13.1. The lowest BCUT2D eigenvalue weighted by molar-refractivity contribution is -0.139. The minimum atomic E-state index is -4.48. The lowest BCUT2D eigenvalue weighted by Gasteiger charge is -2.36. The number of alkyl halides is 3. The van der Waals surface area contributed by atoms with Crippen molar-refractivity contribution in [3.63, 3.8) is 0 Å². The molecule has 0 atom stereocenters. The molecule has 10 heteroatoms. The van der Waals surface area contributed by atoms with E-state index in [1.165, 1.54) is 6.07 Å². The highest BCUT2D eigenvalue weighted by atomic mass is 35.5. The van der Waals surface area contributed by atoms with Gasteiger partial charge in [0.1, 0.15) is 6.61 Å². The quantitative estimate of drug-likeness (QED) is 0.533. The van der Waals surface area contributed by atoms with Crippen LogP contribution in [0.2, 0.25) is 5.02 Å². The van der Waals surface area contributed by atoms with Crippen molar-refractivity contribution in [3.05, 3.63) is 53.1 Å². The van der Waals surface area contributed by atoms with E-state index in [2.05, 4.69) is 10.2 Å². The van der Waals surface area contributed by atoms with Crippen LogP contribution in [0.3, 0.4) is 0 Å². The summed E-state index contributed by atoms with van der Waals surface area (Å²) in [4.78, 5) is 16.7. The van der Waals surface area contributed by atoms with Crippen molar-refractivity contribution < 1.29 is 22.7 Å². The van der Waals surface area contributed by atoms with Crippen molar-refractivity contribution in [2.24, 2.45) is 0 Å². The molecule has 35 heavy (non-hydrogen) atoms. The number of amides is 1. The van der Waals surface area contributed by atoms with E-state index in [1.807, 2.05) is 29.2 Å². The number of nitrogens with one attached hydrogen (secondary N) is 1. The third kappa shape index (κ3) is 6.73. The van der Waals surface area contributed by atoms with Gasteiger partial charge in [0.2, 0.25) is 5.91 Å². The molecule has 1 amide bonds. The minimum absolute atomic E-state index is 0.0162. The Hall–Kier alpha value is -2.65. The number of nitrogens with two attached hydrogens (primary N) is 1. The topological polar surface area (TPSA) is 70.8 Å². The molecule has 0 bridgehead atoms. The number of ether oxygens (including phenoxy) is 1. The van der Waals surface area contributed by atoms with Crippen molar-refractivity contribution in [1.29, 1.82) is 0 Å². The second-order valence-electron chi connectivity index (χ2n) is 9.08. The van der Waals surface area contributed by atoms with Crippen molar-refractivity contribution in [1.82, 2.24) is 4.90 Å². The number of benzene rings is 2. The van der Waals surface area contributed by atoms with Gasteiger partial charge in [-0.1, -0.05) is 17.7 Å². The van der Waals surface area contributed by atoms with Gasteiger partial charge in [-0.15, -0.1) is 0 Å². The second kappa shape index (κ2) is 11.0. The SMILES string of the molecule is Nc1ccc(NC2CCC(OCC(=O)N3CCN(c4cccc(Cl)c4)CC3)CC2)cc1C(F)(F)F. The van der Waals surface area contributed by atoms with Gasteiger partial charge in [0.15, 0.2) is 0 Å². The molecule has 1 aliphatic heterocycles. The highest BCUT2D eigenvalue weighted by molar-refractivity contribution is 6.30. The van der Waals surface area contributed by atoms with Crippen LogP contribution in [0, 0.1) is 0 Å². The number of carbonyl (C=O) groups is 1. The van der Waals surface area contributed by atoms with Gasteiger partial charge in [-0.3, -0.25) is 4.79 Å². The molecule has 0 unspecified atom stereocenters. The van der Waals surface area contributed by atoms with E-state index in [0.29, 0.717) is 23.8 Å². The Kier molecular flexibility index (Phi) is 7.96. The van der Waals surface area contributed by atoms with Crippen LogP contribution in [0.1, 0.15) is 31.2 Å². The van der Waals surface area contributed by atoms with Gasteiger partial charge < -0.3 is 25.6 Å². The van der Waals surface area contributed by atoms with E-state index in [1.54, 1.807) is 6.07 Å². The Morgan fingerprint density at radius 3 is 2.43 bits per heavy atom. The fraction of sp³-hybridized carbons (Fsp3) is 0.480. The molecule has 0 radical (unpaired) electrons.